The van der Waals surface area contributed by atoms with Gasteiger partial charge in [-0.1, -0.05) is 11.2 Å². The Labute approximate surface area is 207 Å². The quantitative estimate of drug-likeness (QED) is 0.348. The van der Waals surface area contributed by atoms with Crippen molar-refractivity contribution in [3.63, 3.8) is 0 Å². The molecule has 1 atom stereocenters. The molecular weight excluding hydrogens is 534 g/mol. The zero-order valence-electron chi connectivity index (χ0n) is 18.1. The number of thiophene rings is 1. The topological polar surface area (TPSA) is 124 Å². The largest absolute Gasteiger partial charge is 0.507 e. The Morgan fingerprint density at radius 1 is 1.42 bits per heavy atom. The number of ether oxygens (including phenoxy) is 2. The summed E-state index contributed by atoms with van der Waals surface area (Å²) in [6, 6.07) is 4.38. The van der Waals surface area contributed by atoms with E-state index in [0.717, 1.165) is 0 Å². The van der Waals surface area contributed by atoms with Gasteiger partial charge in [0.05, 0.1) is 28.6 Å². The third-order valence-corrected chi connectivity index (χ3v) is 7.15. The molecule has 0 saturated carbocycles. The van der Waals surface area contributed by atoms with Crippen molar-refractivity contribution < 1.29 is 28.7 Å². The van der Waals surface area contributed by atoms with Gasteiger partial charge in [0.15, 0.2) is 5.82 Å². The van der Waals surface area contributed by atoms with Crippen LogP contribution in [-0.2, 0) is 10.5 Å². The van der Waals surface area contributed by atoms with Crippen LogP contribution in [0.25, 0.3) is 0 Å². The molecule has 0 aliphatic rings. The number of carbonyl (C=O) groups excluding carboxylic acids is 2. The number of phenols is 1. The van der Waals surface area contributed by atoms with E-state index in [1.54, 1.807) is 26.0 Å². The molecular formula is C21H22BrN3O6S2. The number of thioether (sulfide) groups is 1. The second-order valence-electron chi connectivity index (χ2n) is 6.68. The molecule has 2 aromatic heterocycles. The molecule has 0 aliphatic heterocycles. The molecule has 0 fully saturated rings. The Kier molecular flexibility index (Phi) is 8.75. The summed E-state index contributed by atoms with van der Waals surface area (Å²) in [5, 5.41) is 19.1. The van der Waals surface area contributed by atoms with Crippen molar-refractivity contribution in [2.24, 2.45) is 0 Å². The van der Waals surface area contributed by atoms with Gasteiger partial charge in [-0.25, -0.2) is 4.79 Å². The molecule has 1 unspecified atom stereocenters. The number of nitrogens with zero attached hydrogens (tertiary/aromatic N) is 2. The van der Waals surface area contributed by atoms with Crippen molar-refractivity contribution >= 4 is 50.9 Å². The average molecular weight is 556 g/mol. The number of esters is 1. The van der Waals surface area contributed by atoms with Crippen LogP contribution in [0.15, 0.2) is 32.6 Å². The molecule has 1 aromatic carbocycles. The fraction of sp³-hybridized carbons (Fsp3) is 0.333. The Morgan fingerprint density at radius 2 is 2.21 bits per heavy atom. The average Bonchev–Trinajstić information content (AvgIpc) is 3.47. The van der Waals surface area contributed by atoms with Gasteiger partial charge in [-0.15, -0.1) is 11.3 Å². The van der Waals surface area contributed by atoms with Crippen molar-refractivity contribution in [3.05, 3.63) is 55.8 Å². The van der Waals surface area contributed by atoms with E-state index in [1.165, 1.54) is 36.3 Å². The molecule has 9 nitrogen and oxygen atoms in total. The highest BCUT2D eigenvalue weighted by atomic mass is 79.9. The van der Waals surface area contributed by atoms with E-state index in [-0.39, 0.29) is 35.5 Å². The normalized spacial score (nSPS) is 11.8. The van der Waals surface area contributed by atoms with Gasteiger partial charge in [-0.05, 0) is 41.2 Å². The molecule has 0 spiro atoms. The lowest BCUT2D eigenvalue weighted by Crippen LogP contribution is -2.30. The van der Waals surface area contributed by atoms with Gasteiger partial charge in [0.2, 0.25) is 5.89 Å². The number of aromatic hydroxyl groups is 1. The number of amides is 1. The Morgan fingerprint density at radius 3 is 2.82 bits per heavy atom. The van der Waals surface area contributed by atoms with Gasteiger partial charge in [0.25, 0.3) is 5.91 Å². The van der Waals surface area contributed by atoms with Crippen molar-refractivity contribution in [1.82, 2.24) is 15.5 Å². The van der Waals surface area contributed by atoms with E-state index >= 15 is 0 Å². The van der Waals surface area contributed by atoms with Gasteiger partial charge in [-0.2, -0.15) is 16.7 Å². The minimum absolute atomic E-state index is 0.0987. The van der Waals surface area contributed by atoms with Crippen LogP contribution in [0, 0.1) is 6.92 Å². The smallest absolute Gasteiger partial charge is 0.339 e. The number of aromatic nitrogens is 2. The van der Waals surface area contributed by atoms with Crippen LogP contribution in [0.3, 0.4) is 0 Å². The van der Waals surface area contributed by atoms with Gasteiger partial charge >= 0.3 is 5.97 Å². The molecule has 0 aliphatic carbocycles. The number of carbonyl (C=O) groups is 2. The molecule has 2 N–H and O–H groups in total. The fourth-order valence-corrected chi connectivity index (χ4v) is 5.29. The first-order chi connectivity index (χ1) is 15.8. The summed E-state index contributed by atoms with van der Waals surface area (Å²) in [6.45, 7) is 3.58. The van der Waals surface area contributed by atoms with E-state index in [4.69, 9.17) is 14.0 Å². The lowest BCUT2D eigenvalue weighted by molar-refractivity contribution is 0.0523. The number of nitrogens with one attached hydrogen (secondary N) is 1. The van der Waals surface area contributed by atoms with Crippen LogP contribution >= 0.6 is 39.0 Å². The Hall–Kier alpha value is -2.57. The highest BCUT2D eigenvalue weighted by Crippen LogP contribution is 2.39. The number of benzene rings is 1. The maximum Gasteiger partial charge on any atom is 0.339 e. The molecule has 33 heavy (non-hydrogen) atoms. The van der Waals surface area contributed by atoms with Crippen molar-refractivity contribution in [2.75, 3.05) is 19.5 Å². The van der Waals surface area contributed by atoms with Crippen LogP contribution in [0.5, 0.6) is 11.5 Å². The summed E-state index contributed by atoms with van der Waals surface area (Å²) >= 11 is 6.08. The van der Waals surface area contributed by atoms with Crippen LogP contribution in [-0.4, -0.2) is 46.6 Å². The minimum atomic E-state index is -0.579. The number of halogens is 1. The zero-order valence-corrected chi connectivity index (χ0v) is 21.3. The van der Waals surface area contributed by atoms with Gasteiger partial charge in [0, 0.05) is 23.1 Å². The predicted molar refractivity (Wildman–Crippen MR) is 128 cm³/mol. The first kappa shape index (κ1) is 25.1. The Bertz CT molecular complexity index is 1120. The third-order valence-electron chi connectivity index (χ3n) is 4.44. The SMILES string of the molecule is CCOC(=O)c1c(Br)c(OC)cc(O)c1CSCC(NC(=O)c1cccs1)c1nc(C)no1. The number of aryl methyl sites for hydroxylation is 1. The molecule has 0 radical (unpaired) electrons. The van der Waals surface area contributed by atoms with Crippen LogP contribution in [0.2, 0.25) is 0 Å². The highest BCUT2D eigenvalue weighted by Gasteiger charge is 2.26. The number of methoxy groups -OCH3 is 1. The van der Waals surface area contributed by atoms with Gasteiger partial charge in [0.1, 0.15) is 17.5 Å². The summed E-state index contributed by atoms with van der Waals surface area (Å²) in [5.41, 5.74) is 0.574. The lowest BCUT2D eigenvalue weighted by atomic mass is 10.1. The Balaban J connectivity index is 1.81. The second kappa shape index (κ2) is 11.5. The summed E-state index contributed by atoms with van der Waals surface area (Å²) in [7, 11) is 1.44. The molecule has 3 rings (SSSR count). The fourth-order valence-electron chi connectivity index (χ4n) is 2.91. The number of hydrogen-bond donors (Lipinski definition) is 2. The monoisotopic (exact) mass is 555 g/mol. The van der Waals surface area contributed by atoms with Crippen LogP contribution in [0.1, 0.15) is 50.3 Å². The molecule has 1 amide bonds. The summed E-state index contributed by atoms with van der Waals surface area (Å²) in [6.07, 6.45) is 0. The summed E-state index contributed by atoms with van der Waals surface area (Å²) in [4.78, 5) is 30.0. The zero-order chi connectivity index (χ0) is 24.0. The summed E-state index contributed by atoms with van der Waals surface area (Å²) < 4.78 is 16.1. The van der Waals surface area contributed by atoms with Crippen molar-refractivity contribution in [3.8, 4) is 11.5 Å². The third kappa shape index (κ3) is 6.06. The summed E-state index contributed by atoms with van der Waals surface area (Å²) in [5.74, 6) is 0.705. The van der Waals surface area contributed by atoms with Crippen molar-refractivity contribution in [2.45, 2.75) is 25.6 Å². The maximum absolute atomic E-state index is 12.6. The molecule has 0 saturated heterocycles. The molecule has 0 bridgehead atoms. The van der Waals surface area contributed by atoms with Crippen LogP contribution in [0.4, 0.5) is 0 Å². The molecule has 3 aromatic rings. The number of hydrogen-bond acceptors (Lipinski definition) is 10. The van der Waals surface area contributed by atoms with Crippen molar-refractivity contribution in [1.29, 1.82) is 0 Å². The molecule has 176 valence electrons. The van der Waals surface area contributed by atoms with E-state index in [9.17, 15) is 14.7 Å². The first-order valence-corrected chi connectivity index (χ1v) is 12.7. The van der Waals surface area contributed by atoms with Gasteiger partial charge < -0.3 is 24.4 Å². The lowest BCUT2D eigenvalue weighted by Gasteiger charge is -2.17. The van der Waals surface area contributed by atoms with E-state index in [1.807, 2.05) is 5.38 Å². The minimum Gasteiger partial charge on any atom is -0.507 e. The second-order valence-corrected chi connectivity index (χ2v) is 9.46. The standard InChI is InChI=1S/C21H22BrN3O6S2/c1-4-30-21(28)17-12(14(26)8-15(29-3)18(17)22)9-32-10-13(20-23-11(2)25-31-20)24-19(27)16-6-5-7-33-16/h5-8,13,26H,4,9-10H2,1-3H3,(H,24,27). The predicted octanol–water partition coefficient (Wildman–Crippen LogP) is 4.50. The van der Waals surface area contributed by atoms with E-state index in [0.29, 0.717) is 32.2 Å². The van der Waals surface area contributed by atoms with Crippen LogP contribution < -0.4 is 10.1 Å². The highest BCUT2D eigenvalue weighted by molar-refractivity contribution is 9.10. The first-order valence-electron chi connectivity index (χ1n) is 9.83. The molecule has 2 heterocycles. The van der Waals surface area contributed by atoms with E-state index < -0.39 is 12.0 Å². The van der Waals surface area contributed by atoms with E-state index in [2.05, 4.69) is 31.4 Å². The number of phenolic OH excluding ortho intramolecular Hbond substituents is 1. The number of rotatable bonds is 10. The van der Waals surface area contributed by atoms with Gasteiger partial charge in [-0.3, -0.25) is 4.79 Å². The molecule has 12 heteroatoms. The maximum atomic E-state index is 12.6.